The predicted molar refractivity (Wildman–Crippen MR) is 109 cm³/mol. The Morgan fingerprint density at radius 1 is 1.13 bits per heavy atom. The average Bonchev–Trinajstić information content (AvgIpc) is 2.66. The minimum atomic E-state index is -4.29. The first-order chi connectivity index (χ1) is 14.1. The second kappa shape index (κ2) is 8.38. The number of primary sulfonamides is 1. The van der Waals surface area contributed by atoms with Gasteiger partial charge in [-0.1, -0.05) is 11.6 Å². The molecule has 2 aromatic carbocycles. The van der Waals surface area contributed by atoms with Crippen LogP contribution < -0.4 is 20.5 Å². The summed E-state index contributed by atoms with van der Waals surface area (Å²) >= 11 is 6.06. The van der Waals surface area contributed by atoms with Crippen molar-refractivity contribution in [2.45, 2.75) is 11.8 Å². The first-order valence-corrected chi connectivity index (χ1v) is 10.2. The summed E-state index contributed by atoms with van der Waals surface area (Å²) in [4.78, 5) is 7.15. The summed E-state index contributed by atoms with van der Waals surface area (Å²) in [6.07, 6.45) is 0.916. The van der Waals surface area contributed by atoms with Crippen LogP contribution in [0.1, 0.15) is 5.56 Å². The number of aromatic nitrogens is 2. The number of rotatable bonds is 6. The van der Waals surface area contributed by atoms with E-state index >= 15 is 0 Å². The lowest BCUT2D eigenvalue weighted by Crippen LogP contribution is -2.15. The average molecular weight is 456 g/mol. The van der Waals surface area contributed by atoms with Gasteiger partial charge in [0.05, 0.1) is 18.3 Å². The van der Waals surface area contributed by atoms with E-state index in [2.05, 4.69) is 20.6 Å². The highest BCUT2D eigenvalue weighted by atomic mass is 35.5. The number of nitrogens with one attached hydrogen (secondary N) is 2. The molecule has 0 spiro atoms. The molecule has 0 radical (unpaired) electrons. The topological polar surface area (TPSA) is 119 Å². The Morgan fingerprint density at radius 3 is 2.50 bits per heavy atom. The molecule has 0 unspecified atom stereocenters. The van der Waals surface area contributed by atoms with Crippen LogP contribution in [0.25, 0.3) is 0 Å². The van der Waals surface area contributed by atoms with Crippen molar-refractivity contribution in [3.8, 4) is 5.75 Å². The van der Waals surface area contributed by atoms with Crippen molar-refractivity contribution in [1.82, 2.24) is 9.97 Å². The number of hydrogen-bond donors (Lipinski definition) is 3. The Morgan fingerprint density at radius 2 is 1.87 bits per heavy atom. The van der Waals surface area contributed by atoms with E-state index in [0.717, 1.165) is 12.3 Å². The van der Waals surface area contributed by atoms with Gasteiger partial charge < -0.3 is 15.4 Å². The smallest absolute Gasteiger partial charge is 0.241 e. The molecule has 1 aromatic heterocycles. The van der Waals surface area contributed by atoms with Crippen molar-refractivity contribution in [2.75, 3.05) is 17.7 Å². The summed E-state index contributed by atoms with van der Waals surface area (Å²) in [5.74, 6) is -1.48. The van der Waals surface area contributed by atoms with E-state index in [1.165, 1.54) is 26.2 Å². The van der Waals surface area contributed by atoms with Crippen molar-refractivity contribution in [2.24, 2.45) is 5.14 Å². The van der Waals surface area contributed by atoms with E-state index in [4.69, 9.17) is 21.5 Å². The SMILES string of the molecule is COc1ccc(Nc2nc(Nc3cc(C)c(F)c(S(N)(=O)=O)c3)ncc2F)cc1Cl. The van der Waals surface area contributed by atoms with E-state index in [1.807, 2.05) is 0 Å². The van der Waals surface area contributed by atoms with Gasteiger partial charge in [-0.25, -0.2) is 27.3 Å². The number of sulfonamides is 1. The molecule has 4 N–H and O–H groups in total. The number of nitrogens with zero attached hydrogens (tertiary/aromatic N) is 2. The normalized spacial score (nSPS) is 11.3. The van der Waals surface area contributed by atoms with Crippen LogP contribution in [0.4, 0.5) is 31.9 Å². The number of ether oxygens (including phenoxy) is 1. The molecule has 0 saturated carbocycles. The Balaban J connectivity index is 1.91. The molecule has 3 rings (SSSR count). The molecule has 0 aliphatic rings. The van der Waals surface area contributed by atoms with Crippen molar-refractivity contribution in [3.05, 3.63) is 58.7 Å². The zero-order valence-electron chi connectivity index (χ0n) is 15.7. The quantitative estimate of drug-likeness (QED) is 0.516. The highest BCUT2D eigenvalue weighted by Gasteiger charge is 2.18. The standard InChI is InChI=1S/C18H16ClF2N5O3S/c1-9-5-11(7-15(16(9)21)30(22,27)28)25-18-23-8-13(20)17(26-18)24-10-3-4-14(29-2)12(19)6-10/h3-8H,1-2H3,(H2,22,27,28)(H2,23,24,25,26). The van der Waals surface area contributed by atoms with E-state index < -0.39 is 26.6 Å². The molecular weight excluding hydrogens is 440 g/mol. The van der Waals surface area contributed by atoms with Crippen molar-refractivity contribution in [1.29, 1.82) is 0 Å². The first kappa shape index (κ1) is 21.7. The fraction of sp³-hybridized carbons (Fsp3) is 0.111. The van der Waals surface area contributed by atoms with E-state index in [-0.39, 0.29) is 23.0 Å². The lowest BCUT2D eigenvalue weighted by atomic mass is 10.2. The first-order valence-electron chi connectivity index (χ1n) is 8.31. The number of halogens is 3. The molecule has 3 aromatic rings. The number of hydrogen-bond acceptors (Lipinski definition) is 7. The van der Waals surface area contributed by atoms with Crippen LogP contribution in [-0.2, 0) is 10.0 Å². The number of aryl methyl sites for hydroxylation is 1. The van der Waals surface area contributed by atoms with Gasteiger partial charge in [-0.3, -0.25) is 0 Å². The predicted octanol–water partition coefficient (Wildman–Crippen LogP) is 3.86. The highest BCUT2D eigenvalue weighted by Crippen LogP contribution is 2.29. The van der Waals surface area contributed by atoms with Crippen molar-refractivity contribution < 1.29 is 21.9 Å². The summed E-state index contributed by atoms with van der Waals surface area (Å²) in [6, 6.07) is 7.07. The van der Waals surface area contributed by atoms with Gasteiger partial charge in [-0.05, 0) is 42.8 Å². The molecule has 0 saturated heterocycles. The second-order valence-corrected chi connectivity index (χ2v) is 8.08. The highest BCUT2D eigenvalue weighted by molar-refractivity contribution is 7.89. The molecule has 0 aliphatic heterocycles. The monoisotopic (exact) mass is 455 g/mol. The maximum atomic E-state index is 14.2. The lowest BCUT2D eigenvalue weighted by molar-refractivity contribution is 0.415. The van der Waals surface area contributed by atoms with Gasteiger partial charge in [0, 0.05) is 11.4 Å². The van der Waals surface area contributed by atoms with Gasteiger partial charge in [-0.15, -0.1) is 0 Å². The third kappa shape index (κ3) is 4.75. The lowest BCUT2D eigenvalue weighted by Gasteiger charge is -2.12. The molecule has 12 heteroatoms. The molecule has 30 heavy (non-hydrogen) atoms. The molecule has 1 heterocycles. The van der Waals surface area contributed by atoms with Crippen molar-refractivity contribution in [3.63, 3.8) is 0 Å². The number of methoxy groups -OCH3 is 1. The zero-order chi connectivity index (χ0) is 22.1. The molecule has 0 aliphatic carbocycles. The summed E-state index contributed by atoms with van der Waals surface area (Å²) in [6.45, 7) is 1.38. The Kier molecular flexibility index (Phi) is 6.06. The fourth-order valence-corrected chi connectivity index (χ4v) is 3.50. The summed E-state index contributed by atoms with van der Waals surface area (Å²) in [5, 5.41) is 10.8. The number of benzene rings is 2. The largest absolute Gasteiger partial charge is 0.495 e. The molecule has 158 valence electrons. The molecule has 0 fully saturated rings. The summed E-state index contributed by atoms with van der Waals surface area (Å²) in [5.41, 5.74) is 0.638. The van der Waals surface area contributed by atoms with E-state index in [0.29, 0.717) is 16.5 Å². The molecule has 0 amide bonds. The van der Waals surface area contributed by atoms with Crippen LogP contribution in [-0.4, -0.2) is 25.5 Å². The molecule has 8 nitrogen and oxygen atoms in total. The molecule has 0 bridgehead atoms. The van der Waals surface area contributed by atoms with Gasteiger partial charge in [0.15, 0.2) is 11.6 Å². The van der Waals surface area contributed by atoms with Gasteiger partial charge >= 0.3 is 0 Å². The van der Waals surface area contributed by atoms with Crippen LogP contribution in [0.3, 0.4) is 0 Å². The van der Waals surface area contributed by atoms with E-state index in [9.17, 15) is 17.2 Å². The molecule has 0 atom stereocenters. The maximum Gasteiger partial charge on any atom is 0.241 e. The zero-order valence-corrected chi connectivity index (χ0v) is 17.3. The Labute approximate surface area is 176 Å². The summed E-state index contributed by atoms with van der Waals surface area (Å²) in [7, 11) is -2.82. The van der Waals surface area contributed by atoms with Crippen LogP contribution >= 0.6 is 11.6 Å². The van der Waals surface area contributed by atoms with Crippen LogP contribution in [0.15, 0.2) is 41.4 Å². The maximum absolute atomic E-state index is 14.2. The fourth-order valence-electron chi connectivity index (χ4n) is 2.54. The number of anilines is 4. The Hall–Kier alpha value is -3.02. The third-order valence-corrected chi connectivity index (χ3v) is 5.15. The third-order valence-electron chi connectivity index (χ3n) is 3.94. The molecular formula is C18H16ClF2N5O3S. The Bertz CT molecular complexity index is 1220. The number of nitrogens with two attached hydrogens (primary N) is 1. The van der Waals surface area contributed by atoms with Gasteiger partial charge in [-0.2, -0.15) is 4.98 Å². The van der Waals surface area contributed by atoms with Crippen LogP contribution in [0.2, 0.25) is 5.02 Å². The van der Waals surface area contributed by atoms with Crippen LogP contribution in [0.5, 0.6) is 5.75 Å². The summed E-state index contributed by atoms with van der Waals surface area (Å²) < 4.78 is 56.5. The van der Waals surface area contributed by atoms with Crippen LogP contribution in [0, 0.1) is 18.6 Å². The minimum Gasteiger partial charge on any atom is -0.495 e. The second-order valence-electron chi connectivity index (χ2n) is 6.14. The van der Waals surface area contributed by atoms with Crippen molar-refractivity contribution >= 4 is 44.8 Å². The minimum absolute atomic E-state index is 0.0392. The van der Waals surface area contributed by atoms with Gasteiger partial charge in [0.1, 0.15) is 16.5 Å². The van der Waals surface area contributed by atoms with Gasteiger partial charge in [0.2, 0.25) is 16.0 Å². The van der Waals surface area contributed by atoms with E-state index in [1.54, 1.807) is 12.1 Å². The van der Waals surface area contributed by atoms with Gasteiger partial charge in [0.25, 0.3) is 0 Å².